The predicted molar refractivity (Wildman–Crippen MR) is 107 cm³/mol. The molecule has 1 heterocycles. The first-order valence-corrected chi connectivity index (χ1v) is 8.73. The standard InChI is InChI=1S/C21H24N4O/c1-5-26-19-10-8-17(9-11-19)24-21-22-16(4)13-20(25-21)23-18-7-6-14(2)15(3)12-18/h6-13H,5H2,1-4H3,(H2,22,23,24,25). The summed E-state index contributed by atoms with van der Waals surface area (Å²) >= 11 is 0. The van der Waals surface area contributed by atoms with Crippen LogP contribution < -0.4 is 15.4 Å². The van der Waals surface area contributed by atoms with E-state index in [1.54, 1.807) is 0 Å². The zero-order chi connectivity index (χ0) is 18.5. The molecule has 0 aliphatic heterocycles. The van der Waals surface area contributed by atoms with Crippen LogP contribution in [-0.4, -0.2) is 16.6 Å². The van der Waals surface area contributed by atoms with Crippen molar-refractivity contribution in [2.75, 3.05) is 17.2 Å². The summed E-state index contributed by atoms with van der Waals surface area (Å²) in [4.78, 5) is 9.04. The molecular formula is C21H24N4O. The number of rotatable bonds is 6. The second-order valence-corrected chi connectivity index (χ2v) is 6.22. The molecule has 3 aromatic rings. The van der Waals surface area contributed by atoms with Crippen LogP contribution in [0.1, 0.15) is 23.7 Å². The molecule has 0 unspecified atom stereocenters. The average molecular weight is 348 g/mol. The van der Waals surface area contributed by atoms with E-state index in [1.165, 1.54) is 11.1 Å². The summed E-state index contributed by atoms with van der Waals surface area (Å²) < 4.78 is 5.46. The molecule has 3 rings (SSSR count). The van der Waals surface area contributed by atoms with E-state index in [0.717, 1.165) is 28.6 Å². The van der Waals surface area contributed by atoms with Gasteiger partial charge in [-0.25, -0.2) is 4.98 Å². The quantitative estimate of drug-likeness (QED) is 0.634. The van der Waals surface area contributed by atoms with Gasteiger partial charge in [-0.3, -0.25) is 0 Å². The van der Waals surface area contributed by atoms with Crippen molar-refractivity contribution in [2.45, 2.75) is 27.7 Å². The average Bonchev–Trinajstić information content (AvgIpc) is 2.60. The smallest absolute Gasteiger partial charge is 0.229 e. The summed E-state index contributed by atoms with van der Waals surface area (Å²) in [6, 6.07) is 16.0. The minimum Gasteiger partial charge on any atom is -0.494 e. The van der Waals surface area contributed by atoms with Gasteiger partial charge in [0, 0.05) is 23.1 Å². The van der Waals surface area contributed by atoms with Gasteiger partial charge in [-0.15, -0.1) is 0 Å². The third-order valence-corrected chi connectivity index (χ3v) is 4.05. The third-order valence-electron chi connectivity index (χ3n) is 4.05. The van der Waals surface area contributed by atoms with Crippen LogP contribution in [0.5, 0.6) is 5.75 Å². The van der Waals surface area contributed by atoms with E-state index in [-0.39, 0.29) is 0 Å². The van der Waals surface area contributed by atoms with Gasteiger partial charge in [0.25, 0.3) is 0 Å². The fourth-order valence-corrected chi connectivity index (χ4v) is 2.59. The van der Waals surface area contributed by atoms with E-state index >= 15 is 0 Å². The molecule has 2 N–H and O–H groups in total. The normalized spacial score (nSPS) is 10.5. The number of hydrogen-bond acceptors (Lipinski definition) is 5. The van der Waals surface area contributed by atoms with Gasteiger partial charge in [0.15, 0.2) is 0 Å². The summed E-state index contributed by atoms with van der Waals surface area (Å²) in [6.45, 7) is 8.78. The SMILES string of the molecule is CCOc1ccc(Nc2nc(C)cc(Nc3ccc(C)c(C)c3)n2)cc1. The molecule has 0 aliphatic rings. The van der Waals surface area contributed by atoms with Crippen molar-refractivity contribution in [2.24, 2.45) is 0 Å². The molecule has 2 aromatic carbocycles. The van der Waals surface area contributed by atoms with Gasteiger partial charge in [0.1, 0.15) is 11.6 Å². The Morgan fingerprint density at radius 3 is 2.23 bits per heavy atom. The van der Waals surface area contributed by atoms with Crippen LogP contribution in [0.3, 0.4) is 0 Å². The molecule has 0 bridgehead atoms. The van der Waals surface area contributed by atoms with Crippen molar-refractivity contribution >= 4 is 23.1 Å². The van der Waals surface area contributed by atoms with Gasteiger partial charge in [0.05, 0.1) is 6.61 Å². The second kappa shape index (κ2) is 7.87. The minimum atomic E-state index is 0.556. The summed E-state index contributed by atoms with van der Waals surface area (Å²) in [5.74, 6) is 2.16. The Balaban J connectivity index is 1.77. The van der Waals surface area contributed by atoms with Crippen molar-refractivity contribution in [3.8, 4) is 5.75 Å². The maximum absolute atomic E-state index is 5.46. The number of ether oxygens (including phenoxy) is 1. The molecule has 0 aliphatic carbocycles. The Morgan fingerprint density at radius 2 is 1.54 bits per heavy atom. The highest BCUT2D eigenvalue weighted by Gasteiger charge is 2.05. The molecule has 0 spiro atoms. The van der Waals surface area contributed by atoms with Gasteiger partial charge in [0.2, 0.25) is 5.95 Å². The van der Waals surface area contributed by atoms with Crippen LogP contribution in [0.4, 0.5) is 23.1 Å². The maximum Gasteiger partial charge on any atom is 0.229 e. The summed E-state index contributed by atoms with van der Waals surface area (Å²) in [5.41, 5.74) is 5.33. The Bertz CT molecular complexity index is 891. The zero-order valence-electron chi connectivity index (χ0n) is 15.6. The first-order valence-electron chi connectivity index (χ1n) is 8.73. The number of hydrogen-bond donors (Lipinski definition) is 2. The number of anilines is 4. The molecule has 26 heavy (non-hydrogen) atoms. The van der Waals surface area contributed by atoms with E-state index in [1.807, 2.05) is 44.2 Å². The lowest BCUT2D eigenvalue weighted by molar-refractivity contribution is 0.340. The lowest BCUT2D eigenvalue weighted by Gasteiger charge is -2.11. The molecule has 0 atom stereocenters. The van der Waals surface area contributed by atoms with Crippen molar-refractivity contribution < 1.29 is 4.74 Å². The highest BCUT2D eigenvalue weighted by atomic mass is 16.5. The summed E-state index contributed by atoms with van der Waals surface area (Å²) in [7, 11) is 0. The molecule has 0 saturated heterocycles. The van der Waals surface area contributed by atoms with Crippen LogP contribution in [0, 0.1) is 20.8 Å². The zero-order valence-corrected chi connectivity index (χ0v) is 15.6. The predicted octanol–water partition coefficient (Wildman–Crippen LogP) is 5.29. The molecule has 0 amide bonds. The second-order valence-electron chi connectivity index (χ2n) is 6.22. The van der Waals surface area contributed by atoms with Crippen LogP contribution in [0.25, 0.3) is 0 Å². The molecule has 1 aromatic heterocycles. The lowest BCUT2D eigenvalue weighted by atomic mass is 10.1. The van der Waals surface area contributed by atoms with E-state index in [9.17, 15) is 0 Å². The maximum atomic E-state index is 5.46. The van der Waals surface area contributed by atoms with Gasteiger partial charge in [-0.2, -0.15) is 4.98 Å². The first kappa shape index (κ1) is 17.7. The fourth-order valence-electron chi connectivity index (χ4n) is 2.59. The van der Waals surface area contributed by atoms with E-state index in [2.05, 4.69) is 52.6 Å². The molecule has 0 fully saturated rings. The molecule has 134 valence electrons. The largest absolute Gasteiger partial charge is 0.494 e. The molecule has 5 heteroatoms. The fraction of sp³-hybridized carbons (Fsp3) is 0.238. The monoisotopic (exact) mass is 348 g/mol. The number of nitrogens with zero attached hydrogens (tertiary/aromatic N) is 2. The van der Waals surface area contributed by atoms with Gasteiger partial charge in [-0.1, -0.05) is 6.07 Å². The third kappa shape index (κ3) is 4.51. The van der Waals surface area contributed by atoms with Crippen molar-refractivity contribution in [3.63, 3.8) is 0 Å². The van der Waals surface area contributed by atoms with Crippen molar-refractivity contribution in [1.82, 2.24) is 9.97 Å². The number of aryl methyl sites for hydroxylation is 3. The van der Waals surface area contributed by atoms with Crippen molar-refractivity contribution in [1.29, 1.82) is 0 Å². The molecular weight excluding hydrogens is 324 g/mol. The molecule has 5 nitrogen and oxygen atoms in total. The minimum absolute atomic E-state index is 0.556. The van der Waals surface area contributed by atoms with E-state index in [4.69, 9.17) is 4.74 Å². The van der Waals surface area contributed by atoms with Crippen LogP contribution >= 0.6 is 0 Å². The van der Waals surface area contributed by atoms with Crippen LogP contribution in [0.2, 0.25) is 0 Å². The summed E-state index contributed by atoms with van der Waals surface area (Å²) in [5, 5.41) is 6.60. The highest BCUT2D eigenvalue weighted by Crippen LogP contribution is 2.22. The van der Waals surface area contributed by atoms with Crippen LogP contribution in [-0.2, 0) is 0 Å². The Labute approximate surface area is 154 Å². The number of benzene rings is 2. The number of aromatic nitrogens is 2. The van der Waals surface area contributed by atoms with Crippen molar-refractivity contribution in [3.05, 3.63) is 65.4 Å². The first-order chi connectivity index (χ1) is 12.5. The van der Waals surface area contributed by atoms with Crippen LogP contribution in [0.15, 0.2) is 48.5 Å². The Hall–Kier alpha value is -3.08. The Kier molecular flexibility index (Phi) is 5.37. The summed E-state index contributed by atoms with van der Waals surface area (Å²) in [6.07, 6.45) is 0. The van der Waals surface area contributed by atoms with Gasteiger partial charge < -0.3 is 15.4 Å². The van der Waals surface area contributed by atoms with E-state index < -0.39 is 0 Å². The topological polar surface area (TPSA) is 59.1 Å². The lowest BCUT2D eigenvalue weighted by Crippen LogP contribution is -2.02. The highest BCUT2D eigenvalue weighted by molar-refractivity contribution is 5.61. The molecule has 0 saturated carbocycles. The number of nitrogens with one attached hydrogen (secondary N) is 2. The van der Waals surface area contributed by atoms with Gasteiger partial charge >= 0.3 is 0 Å². The van der Waals surface area contributed by atoms with Gasteiger partial charge in [-0.05, 0) is 75.2 Å². The molecule has 0 radical (unpaired) electrons. The van der Waals surface area contributed by atoms with E-state index in [0.29, 0.717) is 12.6 Å². The Morgan fingerprint density at radius 1 is 0.808 bits per heavy atom.